The quantitative estimate of drug-likeness (QED) is 0.581. The molecular weight excluding hydrogens is 264 g/mol. The summed E-state index contributed by atoms with van der Waals surface area (Å²) in [7, 11) is -3.77. The van der Waals surface area contributed by atoms with Gasteiger partial charge in [0.15, 0.2) is 0 Å². The largest absolute Gasteiger partial charge is 0.321 e. The molecule has 19 heavy (non-hydrogen) atoms. The highest BCUT2D eigenvalue weighted by Gasteiger charge is 2.19. The Bertz CT molecular complexity index is 668. The van der Waals surface area contributed by atoms with E-state index in [9.17, 15) is 8.42 Å². The second-order valence-electron chi connectivity index (χ2n) is 3.97. The van der Waals surface area contributed by atoms with Crippen LogP contribution in [0.3, 0.4) is 0 Å². The van der Waals surface area contributed by atoms with E-state index in [0.29, 0.717) is 5.69 Å². The molecule has 0 aliphatic rings. The fraction of sp³-hybridized carbons (Fsp3) is 0.0833. The number of aromatic nitrogens is 1. The highest BCUT2D eigenvalue weighted by atomic mass is 32.2. The van der Waals surface area contributed by atoms with Crippen molar-refractivity contribution in [2.75, 3.05) is 10.1 Å². The highest BCUT2D eigenvalue weighted by molar-refractivity contribution is 7.92. The Balaban J connectivity index is 2.35. The molecule has 1 aromatic carbocycles. The first-order valence-electron chi connectivity index (χ1n) is 5.54. The predicted octanol–water partition coefficient (Wildman–Crippen LogP) is 1.48. The Morgan fingerprint density at radius 3 is 2.47 bits per heavy atom. The smallest absolute Gasteiger partial charge is 0.281 e. The summed E-state index contributed by atoms with van der Waals surface area (Å²) in [5.74, 6) is 5.28. The Morgan fingerprint density at radius 1 is 1.16 bits per heavy atom. The molecule has 0 bridgehead atoms. The zero-order chi connectivity index (χ0) is 13.9. The molecule has 1 heterocycles. The number of benzene rings is 1. The summed E-state index contributed by atoms with van der Waals surface area (Å²) in [5, 5.41) is -0.141. The van der Waals surface area contributed by atoms with Crippen molar-refractivity contribution in [2.45, 2.75) is 11.9 Å². The zero-order valence-corrected chi connectivity index (χ0v) is 11.1. The number of aryl methyl sites for hydroxylation is 1. The van der Waals surface area contributed by atoms with Crippen LogP contribution >= 0.6 is 0 Å². The summed E-state index contributed by atoms with van der Waals surface area (Å²) in [5.41, 5.74) is 4.07. The minimum Gasteiger partial charge on any atom is -0.321 e. The minimum absolute atomic E-state index is 0.141. The molecule has 1 aromatic heterocycles. The zero-order valence-electron chi connectivity index (χ0n) is 10.3. The maximum atomic E-state index is 12.2. The van der Waals surface area contributed by atoms with Crippen molar-refractivity contribution in [1.29, 1.82) is 0 Å². The van der Waals surface area contributed by atoms with Crippen LogP contribution in [-0.4, -0.2) is 13.4 Å². The number of anilines is 2. The third kappa shape index (κ3) is 3.01. The van der Waals surface area contributed by atoms with Gasteiger partial charge in [0.05, 0.1) is 5.69 Å². The van der Waals surface area contributed by atoms with E-state index in [1.807, 2.05) is 19.1 Å². The lowest BCUT2D eigenvalue weighted by Gasteiger charge is -2.10. The summed E-state index contributed by atoms with van der Waals surface area (Å²) in [6, 6.07) is 10.1. The molecule has 0 spiro atoms. The maximum absolute atomic E-state index is 12.2. The van der Waals surface area contributed by atoms with E-state index in [-0.39, 0.29) is 10.7 Å². The van der Waals surface area contributed by atoms with E-state index in [2.05, 4.69) is 15.1 Å². The van der Waals surface area contributed by atoms with Gasteiger partial charge in [-0.05, 0) is 31.2 Å². The van der Waals surface area contributed by atoms with Gasteiger partial charge >= 0.3 is 0 Å². The second-order valence-corrected chi connectivity index (χ2v) is 5.57. The van der Waals surface area contributed by atoms with Gasteiger partial charge in [-0.2, -0.15) is 8.42 Å². The van der Waals surface area contributed by atoms with Crippen molar-refractivity contribution in [3.8, 4) is 0 Å². The number of hydrogen-bond donors (Lipinski definition) is 3. The lowest BCUT2D eigenvalue weighted by Crippen LogP contribution is -2.18. The minimum atomic E-state index is -3.77. The second kappa shape index (κ2) is 5.25. The molecule has 0 aliphatic carbocycles. The van der Waals surface area contributed by atoms with Gasteiger partial charge in [0, 0.05) is 11.9 Å². The SMILES string of the molecule is Cc1ccc(NS(=O)(=O)c2ncccc2NN)cc1. The van der Waals surface area contributed by atoms with Crippen molar-refractivity contribution in [2.24, 2.45) is 5.84 Å². The van der Waals surface area contributed by atoms with Crippen molar-refractivity contribution in [3.63, 3.8) is 0 Å². The number of nitrogens with one attached hydrogen (secondary N) is 2. The number of hydrazine groups is 1. The summed E-state index contributed by atoms with van der Waals surface area (Å²) in [6.07, 6.45) is 1.39. The Morgan fingerprint density at radius 2 is 1.84 bits per heavy atom. The van der Waals surface area contributed by atoms with Crippen LogP contribution in [0, 0.1) is 6.92 Å². The molecular formula is C12H14N4O2S. The highest BCUT2D eigenvalue weighted by Crippen LogP contribution is 2.20. The molecule has 0 saturated heterocycles. The van der Waals surface area contributed by atoms with Crippen LogP contribution in [0.2, 0.25) is 0 Å². The Kier molecular flexibility index (Phi) is 3.68. The monoisotopic (exact) mass is 278 g/mol. The molecule has 0 radical (unpaired) electrons. The molecule has 0 unspecified atom stereocenters. The van der Waals surface area contributed by atoms with Gasteiger partial charge in [-0.3, -0.25) is 10.6 Å². The molecule has 0 saturated carbocycles. The molecule has 7 heteroatoms. The van der Waals surface area contributed by atoms with Crippen LogP contribution in [0.15, 0.2) is 47.6 Å². The van der Waals surface area contributed by atoms with Crippen LogP contribution in [-0.2, 0) is 10.0 Å². The number of hydrogen-bond acceptors (Lipinski definition) is 5. The number of sulfonamides is 1. The lowest BCUT2D eigenvalue weighted by molar-refractivity contribution is 0.598. The standard InChI is InChI=1S/C12H14N4O2S/c1-9-4-6-10(7-5-9)16-19(17,18)12-11(15-13)3-2-8-14-12/h2-8,15-16H,13H2,1H3. The van der Waals surface area contributed by atoms with Crippen LogP contribution < -0.4 is 16.0 Å². The van der Waals surface area contributed by atoms with Crippen LogP contribution in [0.5, 0.6) is 0 Å². The predicted molar refractivity (Wildman–Crippen MR) is 74.0 cm³/mol. The summed E-state index contributed by atoms with van der Waals surface area (Å²) in [4.78, 5) is 3.84. The molecule has 0 aliphatic heterocycles. The van der Waals surface area contributed by atoms with Crippen LogP contribution in [0.4, 0.5) is 11.4 Å². The van der Waals surface area contributed by atoms with Gasteiger partial charge < -0.3 is 5.43 Å². The van der Waals surface area contributed by atoms with E-state index in [4.69, 9.17) is 5.84 Å². The van der Waals surface area contributed by atoms with Crippen molar-refractivity contribution >= 4 is 21.4 Å². The van der Waals surface area contributed by atoms with E-state index >= 15 is 0 Å². The van der Waals surface area contributed by atoms with Gasteiger partial charge in [0.1, 0.15) is 0 Å². The Hall–Kier alpha value is -2.12. The molecule has 6 nitrogen and oxygen atoms in total. The first-order valence-corrected chi connectivity index (χ1v) is 7.02. The summed E-state index contributed by atoms with van der Waals surface area (Å²) in [6.45, 7) is 1.92. The van der Waals surface area contributed by atoms with Gasteiger partial charge in [0.2, 0.25) is 5.03 Å². The van der Waals surface area contributed by atoms with Gasteiger partial charge in [-0.25, -0.2) is 4.98 Å². The normalized spacial score (nSPS) is 11.1. The number of nitrogen functional groups attached to an aromatic ring is 1. The molecule has 2 aromatic rings. The number of nitrogens with zero attached hydrogens (tertiary/aromatic N) is 1. The molecule has 0 atom stereocenters. The first kappa shape index (κ1) is 13.3. The average Bonchev–Trinajstić information content (AvgIpc) is 2.41. The molecule has 100 valence electrons. The van der Waals surface area contributed by atoms with E-state index in [1.54, 1.807) is 18.2 Å². The topological polar surface area (TPSA) is 97.1 Å². The van der Waals surface area contributed by atoms with Crippen LogP contribution in [0.1, 0.15) is 5.56 Å². The summed E-state index contributed by atoms with van der Waals surface area (Å²) < 4.78 is 26.8. The fourth-order valence-corrected chi connectivity index (χ4v) is 2.70. The number of nitrogens with two attached hydrogens (primary N) is 1. The third-order valence-corrected chi connectivity index (χ3v) is 3.82. The molecule has 2 rings (SSSR count). The third-order valence-electron chi connectivity index (χ3n) is 2.48. The van der Waals surface area contributed by atoms with Crippen LogP contribution in [0.25, 0.3) is 0 Å². The molecule has 0 amide bonds. The van der Waals surface area contributed by atoms with Gasteiger partial charge in [-0.1, -0.05) is 17.7 Å². The lowest BCUT2D eigenvalue weighted by atomic mass is 10.2. The van der Waals surface area contributed by atoms with Crippen molar-refractivity contribution in [3.05, 3.63) is 48.2 Å². The van der Waals surface area contributed by atoms with Crippen molar-refractivity contribution < 1.29 is 8.42 Å². The number of rotatable bonds is 4. The first-order chi connectivity index (χ1) is 9.03. The van der Waals surface area contributed by atoms with E-state index in [1.165, 1.54) is 12.3 Å². The fourth-order valence-electron chi connectivity index (χ4n) is 1.54. The van der Waals surface area contributed by atoms with E-state index in [0.717, 1.165) is 5.56 Å². The maximum Gasteiger partial charge on any atom is 0.281 e. The van der Waals surface area contributed by atoms with E-state index < -0.39 is 10.0 Å². The molecule has 4 N–H and O–H groups in total. The van der Waals surface area contributed by atoms with Gasteiger partial charge in [-0.15, -0.1) is 0 Å². The summed E-state index contributed by atoms with van der Waals surface area (Å²) >= 11 is 0. The molecule has 0 fully saturated rings. The van der Waals surface area contributed by atoms with Gasteiger partial charge in [0.25, 0.3) is 10.0 Å². The van der Waals surface area contributed by atoms with Crippen molar-refractivity contribution in [1.82, 2.24) is 4.98 Å². The Labute approximate surface area is 111 Å². The average molecular weight is 278 g/mol. The number of pyridine rings is 1.